The largest absolute Gasteiger partial charge is 0.372 e. The number of fused-ring (bicyclic) bond motifs is 2. The molecule has 162 valence electrons. The van der Waals surface area contributed by atoms with Gasteiger partial charge in [0, 0.05) is 22.7 Å². The van der Waals surface area contributed by atoms with Crippen LogP contribution in [-0.4, -0.2) is 5.78 Å². The van der Waals surface area contributed by atoms with E-state index in [-0.39, 0.29) is 17.7 Å². The number of nitrogens with one attached hydrogen (secondary N) is 2. The number of hydrogen-bond acceptors (Lipinski definition) is 3. The van der Waals surface area contributed by atoms with Crippen molar-refractivity contribution in [2.45, 2.75) is 24.8 Å². The first kappa shape index (κ1) is 20.1. The predicted octanol–water partition coefficient (Wildman–Crippen LogP) is 7.47. The normalized spacial score (nSPS) is 19.8. The lowest BCUT2D eigenvalue weighted by atomic mass is 9.78. The van der Waals surface area contributed by atoms with Gasteiger partial charge in [-0.2, -0.15) is 0 Å². The van der Waals surface area contributed by atoms with Crippen molar-refractivity contribution >= 4 is 39.5 Å². The summed E-state index contributed by atoms with van der Waals surface area (Å²) in [6.45, 7) is 0. The number of Topliss-reactive ketones (excluding diaryl/α,β-unsaturated/α-hetero) is 1. The Hall–Kier alpha value is -3.56. The Balaban J connectivity index is 1.47. The van der Waals surface area contributed by atoms with E-state index < -0.39 is 0 Å². The van der Waals surface area contributed by atoms with Crippen molar-refractivity contribution in [3.63, 3.8) is 0 Å². The second-order valence-electron chi connectivity index (χ2n) is 8.83. The highest BCUT2D eigenvalue weighted by atomic mass is 35.5. The number of allylic oxidation sites excluding steroid dienone is 1. The molecule has 4 aromatic rings. The van der Waals surface area contributed by atoms with E-state index in [4.69, 9.17) is 11.6 Å². The molecule has 0 aromatic heterocycles. The van der Waals surface area contributed by atoms with Gasteiger partial charge >= 0.3 is 0 Å². The SMILES string of the molecule is O=C1CC(c2ccc(Cl)cc2)CC2=C1C(c1ccc3ccccc3c1)Nc1ccccc1N2. The number of ketones is 1. The van der Waals surface area contributed by atoms with Crippen LogP contribution >= 0.6 is 11.6 Å². The summed E-state index contributed by atoms with van der Waals surface area (Å²) in [5, 5.41) is 10.4. The molecule has 4 heteroatoms. The van der Waals surface area contributed by atoms with Gasteiger partial charge in [-0.15, -0.1) is 0 Å². The summed E-state index contributed by atoms with van der Waals surface area (Å²) >= 11 is 6.10. The smallest absolute Gasteiger partial charge is 0.163 e. The maximum absolute atomic E-state index is 13.7. The van der Waals surface area contributed by atoms with Gasteiger partial charge in [0.25, 0.3) is 0 Å². The minimum atomic E-state index is -0.209. The Morgan fingerprint density at radius 2 is 1.42 bits per heavy atom. The molecule has 0 amide bonds. The zero-order valence-electron chi connectivity index (χ0n) is 18.0. The fourth-order valence-corrected chi connectivity index (χ4v) is 5.23. The lowest BCUT2D eigenvalue weighted by Gasteiger charge is -2.30. The fourth-order valence-electron chi connectivity index (χ4n) is 5.10. The van der Waals surface area contributed by atoms with E-state index in [9.17, 15) is 4.79 Å². The van der Waals surface area contributed by atoms with E-state index in [1.807, 2.05) is 42.5 Å². The van der Waals surface area contributed by atoms with Crippen molar-refractivity contribution in [1.82, 2.24) is 0 Å². The van der Waals surface area contributed by atoms with Crippen LogP contribution in [0.25, 0.3) is 10.8 Å². The van der Waals surface area contributed by atoms with Crippen molar-refractivity contribution in [2.75, 3.05) is 10.6 Å². The Morgan fingerprint density at radius 3 is 2.24 bits per heavy atom. The van der Waals surface area contributed by atoms with E-state index >= 15 is 0 Å². The van der Waals surface area contributed by atoms with Gasteiger partial charge in [-0.25, -0.2) is 0 Å². The fraction of sp³-hybridized carbons (Fsp3) is 0.138. The molecule has 1 heterocycles. The second-order valence-corrected chi connectivity index (χ2v) is 9.26. The molecule has 2 aliphatic rings. The van der Waals surface area contributed by atoms with Gasteiger partial charge in [-0.05, 0) is 64.6 Å². The summed E-state index contributed by atoms with van der Waals surface area (Å²) in [4.78, 5) is 13.7. The number of hydrogen-bond donors (Lipinski definition) is 2. The average molecular weight is 451 g/mol. The van der Waals surface area contributed by atoms with Crippen LogP contribution in [0, 0.1) is 0 Å². The highest BCUT2D eigenvalue weighted by molar-refractivity contribution is 6.30. The Bertz CT molecular complexity index is 1410. The Morgan fingerprint density at radius 1 is 0.727 bits per heavy atom. The summed E-state index contributed by atoms with van der Waals surface area (Å²) in [6.07, 6.45) is 1.27. The summed E-state index contributed by atoms with van der Waals surface area (Å²) in [5.41, 5.74) is 6.08. The lowest BCUT2D eigenvalue weighted by Crippen LogP contribution is -2.26. The molecule has 0 bridgehead atoms. The molecule has 2 atom stereocenters. The number of benzene rings is 4. The van der Waals surface area contributed by atoms with Crippen LogP contribution in [0.4, 0.5) is 11.4 Å². The molecule has 6 rings (SSSR count). The highest BCUT2D eigenvalue weighted by Gasteiger charge is 2.36. The quantitative estimate of drug-likeness (QED) is 0.332. The molecule has 3 nitrogen and oxygen atoms in total. The van der Waals surface area contributed by atoms with Gasteiger partial charge in [-0.1, -0.05) is 72.3 Å². The summed E-state index contributed by atoms with van der Waals surface area (Å²) in [7, 11) is 0. The van der Waals surface area contributed by atoms with Crippen LogP contribution in [0.15, 0.2) is 102 Å². The minimum absolute atomic E-state index is 0.128. The zero-order valence-corrected chi connectivity index (χ0v) is 18.8. The van der Waals surface area contributed by atoms with Crippen LogP contribution in [0.2, 0.25) is 5.02 Å². The monoisotopic (exact) mass is 450 g/mol. The molecule has 0 fully saturated rings. The molecule has 0 radical (unpaired) electrons. The van der Waals surface area contributed by atoms with Crippen LogP contribution in [0.3, 0.4) is 0 Å². The van der Waals surface area contributed by atoms with Gasteiger partial charge in [0.1, 0.15) is 0 Å². The van der Waals surface area contributed by atoms with E-state index in [0.717, 1.165) is 40.2 Å². The minimum Gasteiger partial charge on any atom is -0.372 e. The van der Waals surface area contributed by atoms with Crippen molar-refractivity contribution in [1.29, 1.82) is 0 Å². The number of para-hydroxylation sites is 2. The van der Waals surface area contributed by atoms with Crippen molar-refractivity contribution in [3.8, 4) is 0 Å². The molecule has 0 saturated carbocycles. The van der Waals surface area contributed by atoms with Crippen LogP contribution in [-0.2, 0) is 4.79 Å². The summed E-state index contributed by atoms with van der Waals surface area (Å²) in [6, 6.07) is 30.7. The maximum Gasteiger partial charge on any atom is 0.163 e. The van der Waals surface area contributed by atoms with Gasteiger partial charge < -0.3 is 10.6 Å². The first-order valence-electron chi connectivity index (χ1n) is 11.3. The van der Waals surface area contributed by atoms with Crippen LogP contribution < -0.4 is 10.6 Å². The van der Waals surface area contributed by atoms with E-state index in [0.29, 0.717) is 11.4 Å². The molecule has 4 aromatic carbocycles. The highest BCUT2D eigenvalue weighted by Crippen LogP contribution is 2.44. The molecule has 33 heavy (non-hydrogen) atoms. The predicted molar refractivity (Wildman–Crippen MR) is 136 cm³/mol. The van der Waals surface area contributed by atoms with Crippen molar-refractivity contribution in [3.05, 3.63) is 118 Å². The maximum atomic E-state index is 13.7. The number of anilines is 2. The molecular weight excluding hydrogens is 428 g/mol. The van der Waals surface area contributed by atoms with Crippen LogP contribution in [0.5, 0.6) is 0 Å². The topological polar surface area (TPSA) is 41.1 Å². The van der Waals surface area contributed by atoms with Gasteiger partial charge in [0.15, 0.2) is 5.78 Å². The number of carbonyl (C=O) groups excluding carboxylic acids is 1. The van der Waals surface area contributed by atoms with Crippen molar-refractivity contribution in [2.24, 2.45) is 0 Å². The number of halogens is 1. The standard InChI is InChI=1S/C29H23ClN2O/c30-23-13-11-19(12-14-23)22-16-26-28(27(33)17-22)29(32-25-8-4-3-7-24(25)31-26)21-10-9-18-5-1-2-6-20(18)15-21/h1-15,22,29,31-32H,16-17H2. The van der Waals surface area contributed by atoms with E-state index in [2.05, 4.69) is 59.2 Å². The van der Waals surface area contributed by atoms with E-state index in [1.54, 1.807) is 0 Å². The Kier molecular flexibility index (Phi) is 4.92. The molecule has 1 aliphatic heterocycles. The van der Waals surface area contributed by atoms with Gasteiger partial charge in [0.05, 0.1) is 17.4 Å². The Labute approximate surface area is 198 Å². The van der Waals surface area contributed by atoms with Gasteiger partial charge in [0.2, 0.25) is 0 Å². The molecule has 2 unspecified atom stereocenters. The summed E-state index contributed by atoms with van der Waals surface area (Å²) < 4.78 is 0. The van der Waals surface area contributed by atoms with Crippen molar-refractivity contribution < 1.29 is 4.79 Å². The first-order valence-corrected chi connectivity index (χ1v) is 11.7. The molecular formula is C29H23ClN2O. The van der Waals surface area contributed by atoms with Crippen LogP contribution in [0.1, 0.15) is 35.9 Å². The third-order valence-corrected chi connectivity index (χ3v) is 7.01. The molecule has 0 saturated heterocycles. The molecule has 1 aliphatic carbocycles. The number of carbonyl (C=O) groups is 1. The zero-order chi connectivity index (χ0) is 22.4. The third-order valence-electron chi connectivity index (χ3n) is 6.76. The van der Waals surface area contributed by atoms with Gasteiger partial charge in [-0.3, -0.25) is 4.79 Å². The second kappa shape index (κ2) is 8.09. The molecule has 0 spiro atoms. The summed E-state index contributed by atoms with van der Waals surface area (Å²) in [5.74, 6) is 0.311. The third kappa shape index (κ3) is 3.69. The molecule has 2 N–H and O–H groups in total. The number of rotatable bonds is 2. The lowest BCUT2D eigenvalue weighted by molar-refractivity contribution is -0.116. The van der Waals surface area contributed by atoms with E-state index in [1.165, 1.54) is 10.8 Å². The average Bonchev–Trinajstić information content (AvgIpc) is 3.01. The first-order chi connectivity index (χ1) is 16.2.